The van der Waals surface area contributed by atoms with Crippen LogP contribution in [0.2, 0.25) is 0 Å². The van der Waals surface area contributed by atoms with E-state index < -0.39 is 5.79 Å². The molecule has 1 atom stereocenters. The van der Waals surface area contributed by atoms with Crippen LogP contribution in [-0.2, 0) is 9.47 Å². The van der Waals surface area contributed by atoms with Gasteiger partial charge in [-0.15, -0.1) is 6.58 Å². The molecule has 1 fully saturated rings. The van der Waals surface area contributed by atoms with E-state index in [0.29, 0.717) is 6.61 Å². The molecular weight excluding hydrogens is 128 g/mol. The van der Waals surface area contributed by atoms with Gasteiger partial charge < -0.3 is 9.47 Å². The highest BCUT2D eigenvalue weighted by Gasteiger charge is 2.39. The molecule has 58 valence electrons. The van der Waals surface area contributed by atoms with Gasteiger partial charge in [-0.05, 0) is 20.8 Å². The Labute approximate surface area is 61.8 Å². The highest BCUT2D eigenvalue weighted by atomic mass is 16.7. The average molecular weight is 142 g/mol. The minimum Gasteiger partial charge on any atom is -0.347 e. The molecule has 0 aromatic carbocycles. The Morgan fingerprint density at radius 2 is 2.00 bits per heavy atom. The second kappa shape index (κ2) is 2.07. The molecule has 0 aromatic rings. The summed E-state index contributed by atoms with van der Waals surface area (Å²) in [4.78, 5) is 0. The average Bonchev–Trinajstić information content (AvgIpc) is 2.08. The van der Waals surface area contributed by atoms with E-state index >= 15 is 0 Å². The summed E-state index contributed by atoms with van der Waals surface area (Å²) in [5, 5.41) is 0. The Morgan fingerprint density at radius 1 is 1.40 bits per heavy atom. The molecule has 0 spiro atoms. The Bertz CT molecular complexity index is 151. The molecule has 10 heavy (non-hydrogen) atoms. The van der Waals surface area contributed by atoms with Crippen molar-refractivity contribution in [1.29, 1.82) is 0 Å². The van der Waals surface area contributed by atoms with Crippen molar-refractivity contribution in [3.05, 3.63) is 12.7 Å². The molecule has 1 rings (SSSR count). The maximum atomic E-state index is 5.55. The van der Waals surface area contributed by atoms with E-state index in [1.54, 1.807) is 6.08 Å². The maximum Gasteiger partial charge on any atom is 0.164 e. The van der Waals surface area contributed by atoms with E-state index in [1.165, 1.54) is 0 Å². The summed E-state index contributed by atoms with van der Waals surface area (Å²) in [6.45, 7) is 10.1. The van der Waals surface area contributed by atoms with Crippen molar-refractivity contribution in [3.63, 3.8) is 0 Å². The first-order valence-electron chi connectivity index (χ1n) is 3.45. The van der Waals surface area contributed by atoms with Gasteiger partial charge >= 0.3 is 0 Å². The van der Waals surface area contributed by atoms with Crippen LogP contribution in [0.1, 0.15) is 20.8 Å². The molecule has 2 nitrogen and oxygen atoms in total. The van der Waals surface area contributed by atoms with Gasteiger partial charge in [-0.2, -0.15) is 0 Å². The van der Waals surface area contributed by atoms with E-state index in [1.807, 2.05) is 20.8 Å². The SMILES string of the molecule is C=C[C@@]1(C)COC(C)(C)O1. The van der Waals surface area contributed by atoms with Gasteiger partial charge in [0, 0.05) is 0 Å². The van der Waals surface area contributed by atoms with Crippen LogP contribution in [0.3, 0.4) is 0 Å². The largest absolute Gasteiger partial charge is 0.347 e. The van der Waals surface area contributed by atoms with Crippen LogP contribution in [0.4, 0.5) is 0 Å². The fraction of sp³-hybridized carbons (Fsp3) is 0.750. The smallest absolute Gasteiger partial charge is 0.164 e. The lowest BCUT2D eigenvalue weighted by Crippen LogP contribution is -2.28. The molecule has 0 radical (unpaired) electrons. The van der Waals surface area contributed by atoms with Crippen molar-refractivity contribution >= 4 is 0 Å². The Hall–Kier alpha value is -0.340. The van der Waals surface area contributed by atoms with Crippen LogP contribution in [0.25, 0.3) is 0 Å². The Morgan fingerprint density at radius 3 is 2.20 bits per heavy atom. The maximum absolute atomic E-state index is 5.55. The van der Waals surface area contributed by atoms with Gasteiger partial charge in [0.15, 0.2) is 5.79 Å². The molecule has 0 amide bonds. The number of rotatable bonds is 1. The Kier molecular flexibility index (Phi) is 1.61. The lowest BCUT2D eigenvalue weighted by Gasteiger charge is -2.21. The van der Waals surface area contributed by atoms with Crippen LogP contribution in [0.5, 0.6) is 0 Å². The quantitative estimate of drug-likeness (QED) is 0.519. The summed E-state index contributed by atoms with van der Waals surface area (Å²) in [6.07, 6.45) is 1.78. The van der Waals surface area contributed by atoms with Crippen LogP contribution in [0.15, 0.2) is 12.7 Å². The van der Waals surface area contributed by atoms with E-state index in [-0.39, 0.29) is 5.60 Å². The standard InChI is InChI=1S/C8H14O2/c1-5-8(4)6-9-7(2,3)10-8/h5H,1,6H2,2-4H3/t8-/m0/s1. The second-order valence-corrected chi connectivity index (χ2v) is 3.31. The lowest BCUT2D eigenvalue weighted by molar-refractivity contribution is -0.148. The summed E-state index contributed by atoms with van der Waals surface area (Å²) in [5.74, 6) is -0.442. The first-order chi connectivity index (χ1) is 4.47. The first kappa shape index (κ1) is 7.76. The Balaban J connectivity index is 2.66. The van der Waals surface area contributed by atoms with Gasteiger partial charge in [-0.1, -0.05) is 6.08 Å². The van der Waals surface area contributed by atoms with Gasteiger partial charge in [0.25, 0.3) is 0 Å². The molecular formula is C8H14O2. The topological polar surface area (TPSA) is 18.5 Å². The summed E-state index contributed by atoms with van der Waals surface area (Å²) in [5.41, 5.74) is -0.288. The fourth-order valence-electron chi connectivity index (χ4n) is 1.04. The van der Waals surface area contributed by atoms with E-state index in [2.05, 4.69) is 6.58 Å². The molecule has 1 heterocycles. The molecule has 1 aliphatic heterocycles. The molecule has 1 aliphatic rings. The van der Waals surface area contributed by atoms with Gasteiger partial charge in [0.1, 0.15) is 5.60 Å². The molecule has 2 heteroatoms. The molecule has 0 aromatic heterocycles. The van der Waals surface area contributed by atoms with E-state index in [0.717, 1.165) is 0 Å². The fourth-order valence-corrected chi connectivity index (χ4v) is 1.04. The number of hydrogen-bond acceptors (Lipinski definition) is 2. The predicted octanol–water partition coefficient (Wildman–Crippen LogP) is 1.71. The second-order valence-electron chi connectivity index (χ2n) is 3.31. The normalized spacial score (nSPS) is 37.9. The van der Waals surface area contributed by atoms with Crippen LogP contribution >= 0.6 is 0 Å². The summed E-state index contributed by atoms with van der Waals surface area (Å²) in [6, 6.07) is 0. The van der Waals surface area contributed by atoms with Crippen molar-refractivity contribution in [1.82, 2.24) is 0 Å². The summed E-state index contributed by atoms with van der Waals surface area (Å²) in [7, 11) is 0. The third-order valence-electron chi connectivity index (χ3n) is 1.62. The molecule has 0 aliphatic carbocycles. The highest BCUT2D eigenvalue weighted by molar-refractivity contribution is 4.98. The third kappa shape index (κ3) is 1.39. The number of ether oxygens (including phenoxy) is 2. The highest BCUT2D eigenvalue weighted by Crippen LogP contribution is 2.30. The summed E-state index contributed by atoms with van der Waals surface area (Å²) >= 11 is 0. The minimum absolute atomic E-state index is 0.288. The zero-order valence-corrected chi connectivity index (χ0v) is 6.81. The zero-order chi connectivity index (χ0) is 7.83. The van der Waals surface area contributed by atoms with E-state index in [9.17, 15) is 0 Å². The van der Waals surface area contributed by atoms with Crippen molar-refractivity contribution in [3.8, 4) is 0 Å². The van der Waals surface area contributed by atoms with Crippen molar-refractivity contribution < 1.29 is 9.47 Å². The number of hydrogen-bond donors (Lipinski definition) is 0. The van der Waals surface area contributed by atoms with Gasteiger partial charge in [0.05, 0.1) is 6.61 Å². The molecule has 0 N–H and O–H groups in total. The molecule has 0 bridgehead atoms. The first-order valence-corrected chi connectivity index (χ1v) is 3.45. The van der Waals surface area contributed by atoms with Crippen molar-refractivity contribution in [2.75, 3.05) is 6.61 Å². The molecule has 0 unspecified atom stereocenters. The van der Waals surface area contributed by atoms with E-state index in [4.69, 9.17) is 9.47 Å². The molecule has 1 saturated heterocycles. The predicted molar refractivity (Wildman–Crippen MR) is 39.7 cm³/mol. The zero-order valence-electron chi connectivity index (χ0n) is 6.81. The van der Waals surface area contributed by atoms with Crippen LogP contribution < -0.4 is 0 Å². The van der Waals surface area contributed by atoms with Gasteiger partial charge in [0.2, 0.25) is 0 Å². The van der Waals surface area contributed by atoms with Gasteiger partial charge in [-0.3, -0.25) is 0 Å². The van der Waals surface area contributed by atoms with Gasteiger partial charge in [-0.25, -0.2) is 0 Å². The minimum atomic E-state index is -0.442. The van der Waals surface area contributed by atoms with Crippen LogP contribution in [-0.4, -0.2) is 18.0 Å². The third-order valence-corrected chi connectivity index (χ3v) is 1.62. The van der Waals surface area contributed by atoms with Crippen LogP contribution in [0, 0.1) is 0 Å². The monoisotopic (exact) mass is 142 g/mol. The van der Waals surface area contributed by atoms with Crippen molar-refractivity contribution in [2.24, 2.45) is 0 Å². The lowest BCUT2D eigenvalue weighted by atomic mass is 10.1. The molecule has 0 saturated carbocycles. The summed E-state index contributed by atoms with van der Waals surface area (Å²) < 4.78 is 10.9. The van der Waals surface area contributed by atoms with Crippen molar-refractivity contribution in [2.45, 2.75) is 32.2 Å².